The fourth-order valence-electron chi connectivity index (χ4n) is 3.31. The molecule has 2 heterocycles. The summed E-state index contributed by atoms with van der Waals surface area (Å²) in [6, 6.07) is 6.44. The molecule has 3 rings (SSSR count). The van der Waals surface area contributed by atoms with Crippen LogP contribution in [0.1, 0.15) is 17.9 Å². The summed E-state index contributed by atoms with van der Waals surface area (Å²) in [6.45, 7) is 6.01. The number of phenols is 1. The zero-order valence-electron chi connectivity index (χ0n) is 14.9. The van der Waals surface area contributed by atoms with Gasteiger partial charge in [-0.2, -0.15) is 0 Å². The van der Waals surface area contributed by atoms with Crippen molar-refractivity contribution in [3.8, 4) is 5.75 Å². The van der Waals surface area contributed by atoms with Gasteiger partial charge in [-0.25, -0.2) is 0 Å². The summed E-state index contributed by atoms with van der Waals surface area (Å²) in [7, 11) is 0. The molecule has 1 aromatic carbocycles. The van der Waals surface area contributed by atoms with E-state index >= 15 is 0 Å². The Morgan fingerprint density at radius 1 is 1.31 bits per heavy atom. The zero-order chi connectivity index (χ0) is 18.5. The zero-order valence-corrected chi connectivity index (χ0v) is 15.7. The first-order valence-electron chi connectivity index (χ1n) is 8.84. The normalized spacial score (nSPS) is 23.8. The number of phenolic OH excluding ortho intramolecular Hbond substituents is 1. The van der Waals surface area contributed by atoms with E-state index in [-0.39, 0.29) is 22.9 Å². The molecule has 2 fully saturated rings. The largest absolute Gasteiger partial charge is 0.508 e. The maximum absolute atomic E-state index is 12.6. The Kier molecular flexibility index (Phi) is 6.39. The Morgan fingerprint density at radius 3 is 2.73 bits per heavy atom. The molecule has 2 unspecified atom stereocenters. The number of rotatable bonds is 5. The van der Waals surface area contributed by atoms with Gasteiger partial charge in [-0.3, -0.25) is 14.5 Å². The summed E-state index contributed by atoms with van der Waals surface area (Å²) in [5, 5.41) is 12.7. The Bertz CT molecular complexity index is 651. The topological polar surface area (TPSA) is 82.1 Å². The molecule has 142 valence electrons. The number of nitrogens with zero attached hydrogens (tertiary/aromatic N) is 2. The van der Waals surface area contributed by atoms with Crippen molar-refractivity contribution in [3.63, 3.8) is 0 Å². The highest BCUT2D eigenvalue weighted by Gasteiger charge is 2.41. The van der Waals surface area contributed by atoms with E-state index in [4.69, 9.17) is 4.74 Å². The maximum atomic E-state index is 12.6. The fraction of sp³-hybridized carbons (Fsp3) is 0.556. The number of benzene rings is 1. The van der Waals surface area contributed by atoms with E-state index in [2.05, 4.69) is 10.2 Å². The van der Waals surface area contributed by atoms with Crippen LogP contribution in [0.15, 0.2) is 24.3 Å². The molecule has 0 bridgehead atoms. The number of morpholine rings is 1. The number of hydrogen-bond donors (Lipinski definition) is 2. The molecule has 7 nitrogen and oxygen atoms in total. The molecule has 0 saturated carbocycles. The van der Waals surface area contributed by atoms with Crippen molar-refractivity contribution in [3.05, 3.63) is 29.8 Å². The van der Waals surface area contributed by atoms with Crippen LogP contribution in [0.2, 0.25) is 0 Å². The Morgan fingerprint density at radius 2 is 2.04 bits per heavy atom. The molecule has 8 heteroatoms. The van der Waals surface area contributed by atoms with Crippen molar-refractivity contribution in [2.75, 3.05) is 45.1 Å². The van der Waals surface area contributed by atoms with Crippen LogP contribution >= 0.6 is 11.8 Å². The minimum Gasteiger partial charge on any atom is -0.508 e. The first-order valence-corrected chi connectivity index (χ1v) is 9.89. The molecule has 2 N–H and O–H groups in total. The van der Waals surface area contributed by atoms with Crippen LogP contribution in [0.4, 0.5) is 0 Å². The number of carbonyl (C=O) groups is 2. The van der Waals surface area contributed by atoms with E-state index in [1.54, 1.807) is 23.1 Å². The van der Waals surface area contributed by atoms with Crippen LogP contribution in [0.3, 0.4) is 0 Å². The third kappa shape index (κ3) is 4.31. The molecule has 0 radical (unpaired) electrons. The van der Waals surface area contributed by atoms with Gasteiger partial charge in [0.15, 0.2) is 0 Å². The monoisotopic (exact) mass is 379 g/mol. The molecule has 2 saturated heterocycles. The molecular weight excluding hydrogens is 354 g/mol. The molecule has 0 spiro atoms. The van der Waals surface area contributed by atoms with Crippen molar-refractivity contribution < 1.29 is 19.4 Å². The second kappa shape index (κ2) is 8.75. The summed E-state index contributed by atoms with van der Waals surface area (Å²) >= 11 is 1.50. The maximum Gasteiger partial charge on any atom is 0.243 e. The Hall–Kier alpha value is -1.77. The summed E-state index contributed by atoms with van der Waals surface area (Å²) < 4.78 is 5.32. The van der Waals surface area contributed by atoms with Gasteiger partial charge >= 0.3 is 0 Å². The first-order chi connectivity index (χ1) is 12.6. The van der Waals surface area contributed by atoms with Gasteiger partial charge in [0.25, 0.3) is 0 Å². The second-order valence-electron chi connectivity index (χ2n) is 6.43. The van der Waals surface area contributed by atoms with Gasteiger partial charge in [0, 0.05) is 44.4 Å². The van der Waals surface area contributed by atoms with Gasteiger partial charge in [-0.1, -0.05) is 18.2 Å². The number of para-hydroxylation sites is 1. The van der Waals surface area contributed by atoms with E-state index in [1.807, 2.05) is 6.07 Å². The van der Waals surface area contributed by atoms with Gasteiger partial charge in [0.1, 0.15) is 17.2 Å². The molecule has 0 aromatic heterocycles. The predicted molar refractivity (Wildman–Crippen MR) is 99.9 cm³/mol. The summed E-state index contributed by atoms with van der Waals surface area (Å²) in [5.41, 5.74) is 0.663. The van der Waals surface area contributed by atoms with Gasteiger partial charge in [-0.15, -0.1) is 11.8 Å². The van der Waals surface area contributed by atoms with Crippen LogP contribution in [-0.4, -0.2) is 77.9 Å². The van der Waals surface area contributed by atoms with Crippen molar-refractivity contribution in [2.45, 2.75) is 18.3 Å². The molecule has 2 aliphatic rings. The van der Waals surface area contributed by atoms with Crippen molar-refractivity contribution >= 4 is 23.6 Å². The van der Waals surface area contributed by atoms with Crippen LogP contribution in [-0.2, 0) is 14.3 Å². The van der Waals surface area contributed by atoms with Crippen LogP contribution in [0.5, 0.6) is 5.75 Å². The third-order valence-electron chi connectivity index (χ3n) is 4.70. The number of carbonyl (C=O) groups excluding carboxylic acids is 2. The lowest BCUT2D eigenvalue weighted by molar-refractivity contribution is -0.138. The summed E-state index contributed by atoms with van der Waals surface area (Å²) in [6.07, 6.45) is 0. The summed E-state index contributed by atoms with van der Waals surface area (Å²) in [5.74, 6) is 0.349. The van der Waals surface area contributed by atoms with E-state index in [0.717, 1.165) is 32.8 Å². The lowest BCUT2D eigenvalue weighted by Crippen LogP contribution is -2.49. The summed E-state index contributed by atoms with van der Waals surface area (Å²) in [4.78, 5) is 28.7. The van der Waals surface area contributed by atoms with Gasteiger partial charge in [-0.05, 0) is 6.07 Å². The molecule has 2 amide bonds. The second-order valence-corrected chi connectivity index (χ2v) is 7.54. The number of hydrogen-bond acceptors (Lipinski definition) is 6. The first kappa shape index (κ1) is 19.0. The highest BCUT2D eigenvalue weighted by Crippen LogP contribution is 2.44. The minimum atomic E-state index is -0.521. The lowest BCUT2D eigenvalue weighted by Gasteiger charge is -2.29. The van der Waals surface area contributed by atoms with E-state index in [9.17, 15) is 14.7 Å². The van der Waals surface area contributed by atoms with Gasteiger partial charge < -0.3 is 20.1 Å². The molecule has 1 aromatic rings. The van der Waals surface area contributed by atoms with Crippen LogP contribution in [0.25, 0.3) is 0 Å². The molecule has 0 aliphatic carbocycles. The van der Waals surface area contributed by atoms with E-state index in [1.165, 1.54) is 18.7 Å². The predicted octanol–water partition coefficient (Wildman–Crippen LogP) is 0.803. The Labute approximate surface area is 157 Å². The van der Waals surface area contributed by atoms with Gasteiger partial charge in [0.2, 0.25) is 11.8 Å². The van der Waals surface area contributed by atoms with Crippen molar-refractivity contribution in [1.82, 2.24) is 15.1 Å². The number of nitrogens with one attached hydrogen (secondary N) is 1. The number of thioether (sulfide) groups is 1. The number of aromatic hydroxyl groups is 1. The van der Waals surface area contributed by atoms with Crippen molar-refractivity contribution in [2.24, 2.45) is 0 Å². The molecular formula is C18H25N3O4S. The van der Waals surface area contributed by atoms with Crippen LogP contribution < -0.4 is 5.32 Å². The number of ether oxygens (including phenoxy) is 1. The van der Waals surface area contributed by atoms with E-state index in [0.29, 0.717) is 17.9 Å². The highest BCUT2D eigenvalue weighted by atomic mass is 32.2. The highest BCUT2D eigenvalue weighted by molar-refractivity contribution is 7.99. The standard InChI is InChI=1S/C18H25N3O4S/c1-13(22)21-15(12-26-18(21)14-4-2-3-5-16(14)23)17(24)19-6-7-20-8-10-25-11-9-20/h2-5,15,18,23H,6-12H2,1H3,(H,19,24). The fourth-order valence-corrected chi connectivity index (χ4v) is 4.82. The smallest absolute Gasteiger partial charge is 0.243 e. The van der Waals surface area contributed by atoms with Crippen molar-refractivity contribution in [1.29, 1.82) is 0 Å². The minimum absolute atomic E-state index is 0.140. The van der Waals surface area contributed by atoms with Gasteiger partial charge in [0.05, 0.1) is 13.2 Å². The average molecular weight is 379 g/mol. The molecule has 26 heavy (non-hydrogen) atoms. The Balaban J connectivity index is 1.60. The van der Waals surface area contributed by atoms with Crippen LogP contribution in [0, 0.1) is 0 Å². The molecule has 2 aliphatic heterocycles. The SMILES string of the molecule is CC(=O)N1C(C(=O)NCCN2CCOCC2)CSC1c1ccccc1O. The van der Waals surface area contributed by atoms with E-state index < -0.39 is 6.04 Å². The molecule has 2 atom stereocenters. The number of amides is 2. The quantitative estimate of drug-likeness (QED) is 0.788. The lowest BCUT2D eigenvalue weighted by atomic mass is 10.1. The third-order valence-corrected chi connectivity index (χ3v) is 6.01. The average Bonchev–Trinajstić information content (AvgIpc) is 3.08.